The van der Waals surface area contributed by atoms with Crippen LogP contribution in [0.2, 0.25) is 0 Å². The zero-order valence-electron chi connectivity index (χ0n) is 12.0. The number of benzene rings is 2. The lowest BCUT2D eigenvalue weighted by atomic mass is 10.1. The van der Waals surface area contributed by atoms with Crippen molar-refractivity contribution in [2.24, 2.45) is 0 Å². The second-order valence-corrected chi connectivity index (χ2v) is 5.86. The monoisotopic (exact) mass is 323 g/mol. The van der Waals surface area contributed by atoms with Gasteiger partial charge in [0.2, 0.25) is 0 Å². The van der Waals surface area contributed by atoms with Crippen LogP contribution >= 0.6 is 11.3 Å². The number of carbonyl (C=O) groups is 1. The van der Waals surface area contributed by atoms with Gasteiger partial charge in [0, 0.05) is 0 Å². The van der Waals surface area contributed by atoms with E-state index in [4.69, 9.17) is 0 Å². The summed E-state index contributed by atoms with van der Waals surface area (Å²) in [5.74, 6) is -0.861. The van der Waals surface area contributed by atoms with Crippen LogP contribution in [0, 0.1) is 0 Å². The van der Waals surface area contributed by atoms with Crippen molar-refractivity contribution in [1.29, 1.82) is 0 Å². The molecule has 0 atom stereocenters. The van der Waals surface area contributed by atoms with Gasteiger partial charge in [-0.05, 0) is 29.3 Å². The first-order valence-electron chi connectivity index (χ1n) is 6.90. The summed E-state index contributed by atoms with van der Waals surface area (Å²) in [5, 5.41) is 19.4. The first-order valence-corrected chi connectivity index (χ1v) is 7.72. The molecule has 23 heavy (non-hydrogen) atoms. The van der Waals surface area contributed by atoms with Gasteiger partial charge in [-0.3, -0.25) is 0 Å². The molecule has 0 fully saturated rings. The second kappa shape index (κ2) is 6.46. The van der Waals surface area contributed by atoms with Gasteiger partial charge in [-0.2, -0.15) is 0 Å². The fourth-order valence-corrected chi connectivity index (χ4v) is 3.10. The third-order valence-electron chi connectivity index (χ3n) is 3.17. The maximum atomic E-state index is 11.4. The SMILES string of the molecule is O=C(O)c1nc(C=Cc2cccc(O)c2)sc1-c1ccccc1. The van der Waals surface area contributed by atoms with Gasteiger partial charge >= 0.3 is 5.97 Å². The highest BCUT2D eigenvalue weighted by Crippen LogP contribution is 2.31. The molecule has 5 heteroatoms. The lowest BCUT2D eigenvalue weighted by Gasteiger charge is -1.97. The minimum absolute atomic E-state index is 0.0526. The predicted molar refractivity (Wildman–Crippen MR) is 91.5 cm³/mol. The Morgan fingerprint density at radius 3 is 2.52 bits per heavy atom. The number of aromatic carboxylic acids is 1. The molecule has 1 aromatic heterocycles. The van der Waals surface area contributed by atoms with Crippen LogP contribution in [0.3, 0.4) is 0 Å². The molecule has 4 nitrogen and oxygen atoms in total. The normalized spacial score (nSPS) is 11.0. The molecule has 0 unspecified atom stereocenters. The van der Waals surface area contributed by atoms with Crippen LogP contribution in [-0.4, -0.2) is 21.2 Å². The van der Waals surface area contributed by atoms with Gasteiger partial charge in [-0.15, -0.1) is 11.3 Å². The van der Waals surface area contributed by atoms with Crippen molar-refractivity contribution in [1.82, 2.24) is 4.98 Å². The molecule has 2 aromatic carbocycles. The zero-order valence-corrected chi connectivity index (χ0v) is 12.8. The first-order chi connectivity index (χ1) is 11.1. The third-order valence-corrected chi connectivity index (χ3v) is 4.24. The van der Waals surface area contributed by atoms with Crippen molar-refractivity contribution in [2.45, 2.75) is 0 Å². The Hall–Kier alpha value is -2.92. The van der Waals surface area contributed by atoms with E-state index in [2.05, 4.69) is 4.98 Å². The first kappa shape index (κ1) is 15.0. The molecular weight excluding hydrogens is 310 g/mol. The third kappa shape index (κ3) is 3.46. The fraction of sp³-hybridized carbons (Fsp3) is 0. The topological polar surface area (TPSA) is 70.4 Å². The molecule has 0 aliphatic rings. The average Bonchev–Trinajstić information content (AvgIpc) is 2.98. The minimum Gasteiger partial charge on any atom is -0.508 e. The van der Waals surface area contributed by atoms with E-state index in [1.165, 1.54) is 11.3 Å². The van der Waals surface area contributed by atoms with E-state index < -0.39 is 5.97 Å². The Balaban J connectivity index is 1.97. The highest BCUT2D eigenvalue weighted by atomic mass is 32.1. The van der Waals surface area contributed by atoms with E-state index in [0.717, 1.165) is 11.1 Å². The maximum absolute atomic E-state index is 11.4. The summed E-state index contributed by atoms with van der Waals surface area (Å²) in [6.07, 6.45) is 3.54. The van der Waals surface area contributed by atoms with Crippen LogP contribution in [0.4, 0.5) is 0 Å². The molecule has 114 valence electrons. The molecule has 0 aliphatic carbocycles. The summed E-state index contributed by atoms with van der Waals surface area (Å²) in [7, 11) is 0. The quantitative estimate of drug-likeness (QED) is 0.747. The van der Waals surface area contributed by atoms with Crippen molar-refractivity contribution in [2.75, 3.05) is 0 Å². The number of carboxylic acids is 1. The summed E-state index contributed by atoms with van der Waals surface area (Å²) in [4.78, 5) is 16.2. The van der Waals surface area contributed by atoms with Gasteiger partial charge in [-0.1, -0.05) is 48.5 Å². The average molecular weight is 323 g/mol. The van der Waals surface area contributed by atoms with Gasteiger partial charge in [0.15, 0.2) is 5.69 Å². The number of phenols is 1. The Morgan fingerprint density at radius 1 is 1.04 bits per heavy atom. The largest absolute Gasteiger partial charge is 0.508 e. The molecule has 2 N–H and O–H groups in total. The summed E-state index contributed by atoms with van der Waals surface area (Å²) >= 11 is 1.32. The van der Waals surface area contributed by atoms with Gasteiger partial charge in [-0.25, -0.2) is 9.78 Å². The molecule has 1 heterocycles. The Kier molecular flexibility index (Phi) is 4.21. The standard InChI is InChI=1S/C18H13NO3S/c20-14-8-4-5-12(11-14)9-10-15-19-16(18(21)22)17(23-15)13-6-2-1-3-7-13/h1-11,20H,(H,21,22). The molecule has 0 aliphatic heterocycles. The number of thiazole rings is 1. The molecular formula is C18H13NO3S. The van der Waals surface area contributed by atoms with Crippen LogP contribution in [0.25, 0.3) is 22.6 Å². The Labute approximate surface area is 137 Å². The van der Waals surface area contributed by atoms with E-state index in [1.807, 2.05) is 36.4 Å². The zero-order chi connectivity index (χ0) is 16.2. The van der Waals surface area contributed by atoms with Gasteiger partial charge in [0.1, 0.15) is 10.8 Å². The molecule has 0 bridgehead atoms. The molecule has 3 rings (SSSR count). The number of aromatic hydroxyl groups is 1. The number of hydrogen-bond acceptors (Lipinski definition) is 4. The Bertz CT molecular complexity index is 869. The Morgan fingerprint density at radius 2 is 1.83 bits per heavy atom. The van der Waals surface area contributed by atoms with Crippen molar-refractivity contribution < 1.29 is 15.0 Å². The molecule has 0 saturated heterocycles. The van der Waals surface area contributed by atoms with E-state index in [9.17, 15) is 15.0 Å². The van der Waals surface area contributed by atoms with Gasteiger partial charge in [0.25, 0.3) is 0 Å². The highest BCUT2D eigenvalue weighted by molar-refractivity contribution is 7.16. The van der Waals surface area contributed by atoms with E-state index in [-0.39, 0.29) is 11.4 Å². The summed E-state index contributed by atoms with van der Waals surface area (Å²) < 4.78 is 0. The van der Waals surface area contributed by atoms with Crippen molar-refractivity contribution >= 4 is 29.5 Å². The predicted octanol–water partition coefficient (Wildman–Crippen LogP) is 4.38. The number of aromatic nitrogens is 1. The van der Waals surface area contributed by atoms with Crippen LogP contribution in [0.1, 0.15) is 21.1 Å². The number of phenolic OH excluding ortho intramolecular Hbond substituents is 1. The molecule has 0 radical (unpaired) electrons. The number of rotatable bonds is 4. The van der Waals surface area contributed by atoms with Crippen LogP contribution in [0.5, 0.6) is 5.75 Å². The lowest BCUT2D eigenvalue weighted by molar-refractivity contribution is 0.0692. The summed E-state index contributed by atoms with van der Waals surface area (Å²) in [6, 6.07) is 16.1. The van der Waals surface area contributed by atoms with Gasteiger partial charge in [0.05, 0.1) is 4.88 Å². The van der Waals surface area contributed by atoms with Crippen LogP contribution in [0.15, 0.2) is 54.6 Å². The molecule has 0 saturated carbocycles. The van der Waals surface area contributed by atoms with Crippen molar-refractivity contribution in [3.63, 3.8) is 0 Å². The summed E-state index contributed by atoms with van der Waals surface area (Å²) in [5.41, 5.74) is 1.70. The van der Waals surface area contributed by atoms with E-state index >= 15 is 0 Å². The van der Waals surface area contributed by atoms with Gasteiger partial charge < -0.3 is 10.2 Å². The van der Waals surface area contributed by atoms with E-state index in [0.29, 0.717) is 9.88 Å². The van der Waals surface area contributed by atoms with Crippen molar-refractivity contribution in [3.05, 3.63) is 70.9 Å². The molecule has 3 aromatic rings. The van der Waals surface area contributed by atoms with Crippen molar-refractivity contribution in [3.8, 4) is 16.2 Å². The maximum Gasteiger partial charge on any atom is 0.356 e. The number of hydrogen-bond donors (Lipinski definition) is 2. The fourth-order valence-electron chi connectivity index (χ4n) is 2.13. The lowest BCUT2D eigenvalue weighted by Crippen LogP contribution is -1.98. The molecule has 0 amide bonds. The van der Waals surface area contributed by atoms with Crippen LogP contribution < -0.4 is 0 Å². The number of carboxylic acid groups (broad SMARTS) is 1. The second-order valence-electron chi connectivity index (χ2n) is 4.83. The van der Waals surface area contributed by atoms with E-state index in [1.54, 1.807) is 30.4 Å². The summed E-state index contributed by atoms with van der Waals surface area (Å²) in [6.45, 7) is 0. The smallest absolute Gasteiger partial charge is 0.356 e. The highest BCUT2D eigenvalue weighted by Gasteiger charge is 2.17. The molecule has 0 spiro atoms. The number of nitrogens with zero attached hydrogens (tertiary/aromatic N) is 1. The van der Waals surface area contributed by atoms with Crippen LogP contribution in [-0.2, 0) is 0 Å². The minimum atomic E-state index is -1.04.